The Balaban J connectivity index is 2.83. The molecule has 88 valence electrons. The van der Waals surface area contributed by atoms with E-state index < -0.39 is 0 Å². The number of nitrogens with zero attached hydrogens (tertiary/aromatic N) is 1. The van der Waals surface area contributed by atoms with Crippen molar-refractivity contribution in [3.05, 3.63) is 30.1 Å². The Bertz CT molecular complexity index is 327. The summed E-state index contributed by atoms with van der Waals surface area (Å²) in [7, 11) is 1.39. The number of esters is 1. The number of hydrogen-bond acceptors (Lipinski definition) is 4. The average molecular weight is 222 g/mol. The van der Waals surface area contributed by atoms with E-state index in [2.05, 4.69) is 9.72 Å². The Labute approximate surface area is 95.8 Å². The molecule has 2 unspecified atom stereocenters. The molecule has 0 fully saturated rings. The lowest BCUT2D eigenvalue weighted by molar-refractivity contribution is -0.141. The number of ether oxygens (including phenoxy) is 1. The van der Waals surface area contributed by atoms with Crippen molar-refractivity contribution in [1.82, 2.24) is 4.98 Å². The fourth-order valence-corrected chi connectivity index (χ4v) is 1.66. The van der Waals surface area contributed by atoms with Gasteiger partial charge in [-0.2, -0.15) is 0 Å². The third-order valence-corrected chi connectivity index (χ3v) is 2.72. The lowest BCUT2D eigenvalue weighted by atomic mass is 9.89. The molecule has 0 amide bonds. The Kier molecular flexibility index (Phi) is 4.92. The number of carbonyl (C=O) groups excluding carboxylic acids is 1. The number of nitrogens with two attached hydrogens (primary N) is 1. The molecule has 0 saturated heterocycles. The van der Waals surface area contributed by atoms with Crippen molar-refractivity contribution in [2.45, 2.75) is 31.7 Å². The van der Waals surface area contributed by atoms with E-state index in [1.165, 1.54) is 7.11 Å². The second-order valence-corrected chi connectivity index (χ2v) is 3.75. The number of aromatic nitrogens is 1. The van der Waals surface area contributed by atoms with Crippen LogP contribution in [0, 0.1) is 0 Å². The average Bonchev–Trinajstić information content (AvgIpc) is 2.35. The molecule has 0 spiro atoms. The van der Waals surface area contributed by atoms with Gasteiger partial charge in [-0.25, -0.2) is 0 Å². The highest BCUT2D eigenvalue weighted by Gasteiger charge is 2.22. The second-order valence-electron chi connectivity index (χ2n) is 3.75. The van der Waals surface area contributed by atoms with Crippen LogP contribution in [0.15, 0.2) is 24.5 Å². The fourth-order valence-electron chi connectivity index (χ4n) is 1.66. The molecule has 0 aromatic carbocycles. The van der Waals surface area contributed by atoms with E-state index >= 15 is 0 Å². The van der Waals surface area contributed by atoms with Gasteiger partial charge in [-0.3, -0.25) is 9.78 Å². The van der Waals surface area contributed by atoms with E-state index in [4.69, 9.17) is 5.73 Å². The molecule has 1 aromatic heterocycles. The smallest absolute Gasteiger partial charge is 0.306 e. The standard InChI is InChI=1S/C12H18N2O2/c1-3-11(13)10(7-12(15)16-2)9-5-4-6-14-8-9/h4-6,8,10-11H,3,7,13H2,1-2H3. The maximum atomic E-state index is 11.3. The van der Waals surface area contributed by atoms with Gasteiger partial charge in [0.25, 0.3) is 0 Å². The third kappa shape index (κ3) is 3.31. The van der Waals surface area contributed by atoms with Crippen LogP contribution in [0.4, 0.5) is 0 Å². The van der Waals surface area contributed by atoms with Gasteiger partial charge in [0.15, 0.2) is 0 Å². The number of methoxy groups -OCH3 is 1. The summed E-state index contributed by atoms with van der Waals surface area (Å²) in [5, 5.41) is 0. The van der Waals surface area contributed by atoms with Gasteiger partial charge in [0.05, 0.1) is 13.5 Å². The molecule has 1 rings (SSSR count). The van der Waals surface area contributed by atoms with E-state index in [0.29, 0.717) is 6.42 Å². The summed E-state index contributed by atoms with van der Waals surface area (Å²) in [6.07, 6.45) is 4.58. The molecule has 4 heteroatoms. The van der Waals surface area contributed by atoms with Crippen LogP contribution < -0.4 is 5.73 Å². The molecule has 0 aliphatic heterocycles. The first-order valence-corrected chi connectivity index (χ1v) is 5.41. The summed E-state index contributed by atoms with van der Waals surface area (Å²) in [5.41, 5.74) is 7.00. The first-order chi connectivity index (χ1) is 7.69. The van der Waals surface area contributed by atoms with Crippen molar-refractivity contribution >= 4 is 5.97 Å². The lowest BCUT2D eigenvalue weighted by Crippen LogP contribution is -2.29. The summed E-state index contributed by atoms with van der Waals surface area (Å²) < 4.78 is 4.68. The zero-order valence-electron chi connectivity index (χ0n) is 9.72. The molecule has 0 aliphatic carbocycles. The van der Waals surface area contributed by atoms with E-state index in [-0.39, 0.29) is 17.9 Å². The van der Waals surface area contributed by atoms with Crippen molar-refractivity contribution in [3.63, 3.8) is 0 Å². The molecule has 1 aromatic rings. The van der Waals surface area contributed by atoms with Gasteiger partial charge in [-0.05, 0) is 18.1 Å². The highest BCUT2D eigenvalue weighted by atomic mass is 16.5. The Morgan fingerprint density at radius 3 is 2.88 bits per heavy atom. The third-order valence-electron chi connectivity index (χ3n) is 2.72. The predicted molar refractivity (Wildman–Crippen MR) is 61.9 cm³/mol. The zero-order valence-corrected chi connectivity index (χ0v) is 9.72. The molecule has 1 heterocycles. The largest absolute Gasteiger partial charge is 0.469 e. The summed E-state index contributed by atoms with van der Waals surface area (Å²) in [6.45, 7) is 2.01. The minimum atomic E-state index is -0.238. The van der Waals surface area contributed by atoms with Crippen LogP contribution >= 0.6 is 0 Å². The van der Waals surface area contributed by atoms with Gasteiger partial charge in [-0.1, -0.05) is 13.0 Å². The van der Waals surface area contributed by atoms with Crippen LogP contribution in [0.5, 0.6) is 0 Å². The maximum Gasteiger partial charge on any atom is 0.306 e. The van der Waals surface area contributed by atoms with Crippen molar-refractivity contribution < 1.29 is 9.53 Å². The first-order valence-electron chi connectivity index (χ1n) is 5.41. The number of carbonyl (C=O) groups is 1. The van der Waals surface area contributed by atoms with Gasteiger partial charge in [0, 0.05) is 24.4 Å². The molecule has 0 bridgehead atoms. The van der Waals surface area contributed by atoms with E-state index in [0.717, 1.165) is 12.0 Å². The zero-order chi connectivity index (χ0) is 12.0. The summed E-state index contributed by atoms with van der Waals surface area (Å²) >= 11 is 0. The van der Waals surface area contributed by atoms with Gasteiger partial charge in [0.1, 0.15) is 0 Å². The topological polar surface area (TPSA) is 65.2 Å². The summed E-state index contributed by atoms with van der Waals surface area (Å²) in [5.74, 6) is -0.260. The van der Waals surface area contributed by atoms with Crippen LogP contribution in [0.2, 0.25) is 0 Å². The number of rotatable bonds is 5. The highest BCUT2D eigenvalue weighted by Crippen LogP contribution is 2.23. The van der Waals surface area contributed by atoms with E-state index in [1.54, 1.807) is 12.4 Å². The minimum absolute atomic E-state index is 0.0221. The van der Waals surface area contributed by atoms with Crippen molar-refractivity contribution in [2.75, 3.05) is 7.11 Å². The quantitative estimate of drug-likeness (QED) is 0.766. The molecule has 16 heavy (non-hydrogen) atoms. The fraction of sp³-hybridized carbons (Fsp3) is 0.500. The Morgan fingerprint density at radius 2 is 2.38 bits per heavy atom. The molecule has 2 N–H and O–H groups in total. The monoisotopic (exact) mass is 222 g/mol. The van der Waals surface area contributed by atoms with Gasteiger partial charge in [0.2, 0.25) is 0 Å². The second kappa shape index (κ2) is 6.23. The van der Waals surface area contributed by atoms with E-state index in [1.807, 2.05) is 19.1 Å². The molecule has 2 atom stereocenters. The van der Waals surface area contributed by atoms with Gasteiger partial charge < -0.3 is 10.5 Å². The van der Waals surface area contributed by atoms with Crippen molar-refractivity contribution in [1.29, 1.82) is 0 Å². The SMILES string of the molecule is CCC(N)C(CC(=O)OC)c1cccnc1. The van der Waals surface area contributed by atoms with Gasteiger partial charge >= 0.3 is 5.97 Å². The van der Waals surface area contributed by atoms with E-state index in [9.17, 15) is 4.79 Å². The first kappa shape index (κ1) is 12.6. The van der Waals surface area contributed by atoms with Crippen molar-refractivity contribution in [3.8, 4) is 0 Å². The molecular weight excluding hydrogens is 204 g/mol. The highest BCUT2D eigenvalue weighted by molar-refractivity contribution is 5.70. The molecule has 0 radical (unpaired) electrons. The summed E-state index contributed by atoms with van der Waals surface area (Å²) in [6, 6.07) is 3.74. The maximum absolute atomic E-state index is 11.3. The van der Waals surface area contributed by atoms with Gasteiger partial charge in [-0.15, -0.1) is 0 Å². The number of pyridine rings is 1. The summed E-state index contributed by atoms with van der Waals surface area (Å²) in [4.78, 5) is 15.4. The molecule has 4 nitrogen and oxygen atoms in total. The van der Waals surface area contributed by atoms with Crippen molar-refractivity contribution in [2.24, 2.45) is 5.73 Å². The van der Waals surface area contributed by atoms with Crippen LogP contribution in [-0.2, 0) is 9.53 Å². The van der Waals surface area contributed by atoms with Crippen LogP contribution in [0.25, 0.3) is 0 Å². The van der Waals surface area contributed by atoms with Crippen LogP contribution in [0.1, 0.15) is 31.2 Å². The Hall–Kier alpha value is -1.42. The molecule has 0 aliphatic rings. The van der Waals surface area contributed by atoms with Crippen LogP contribution in [-0.4, -0.2) is 24.1 Å². The normalized spacial score (nSPS) is 14.2. The van der Waals surface area contributed by atoms with Crippen LogP contribution in [0.3, 0.4) is 0 Å². The Morgan fingerprint density at radius 1 is 1.62 bits per heavy atom. The number of hydrogen-bond donors (Lipinski definition) is 1. The molecular formula is C12H18N2O2. The molecule has 0 saturated carbocycles. The predicted octanol–water partition coefficient (Wildman–Crippen LogP) is 1.47. The lowest BCUT2D eigenvalue weighted by Gasteiger charge is -2.21. The minimum Gasteiger partial charge on any atom is -0.469 e.